The van der Waals surface area contributed by atoms with Gasteiger partial charge in [-0.3, -0.25) is 14.6 Å². The van der Waals surface area contributed by atoms with Crippen LogP contribution in [0.15, 0.2) is 40.5 Å². The van der Waals surface area contributed by atoms with Crippen LogP contribution in [0.3, 0.4) is 0 Å². The average molecular weight is 712 g/mol. The minimum atomic E-state index is -0.466. The first-order chi connectivity index (χ1) is 18.2. The van der Waals surface area contributed by atoms with Crippen LogP contribution in [0.25, 0.3) is 0 Å². The van der Waals surface area contributed by atoms with E-state index in [-0.39, 0.29) is 17.7 Å². The monoisotopic (exact) mass is 710 g/mol. The smallest absolute Gasteiger partial charge is 0.239 e. The molecule has 3 aliphatic rings. The van der Waals surface area contributed by atoms with Crippen LogP contribution in [-0.2, 0) is 22.4 Å². The third-order valence-corrected chi connectivity index (χ3v) is 9.58. The summed E-state index contributed by atoms with van der Waals surface area (Å²) in [5.74, 6) is 0.580. The molecule has 6 nitrogen and oxygen atoms in total. The number of piperidine rings is 1. The Morgan fingerprint density at radius 3 is 2.55 bits per heavy atom. The zero-order chi connectivity index (χ0) is 27.0. The molecule has 0 saturated carbocycles. The molecule has 0 bridgehead atoms. The molecular formula is C29H33BrClIN4O2. The van der Waals surface area contributed by atoms with E-state index in [9.17, 15) is 9.59 Å². The Kier molecular flexibility index (Phi) is 8.82. The van der Waals surface area contributed by atoms with Gasteiger partial charge in [-0.15, -0.1) is 0 Å². The molecule has 2 aromatic rings. The van der Waals surface area contributed by atoms with Crippen molar-refractivity contribution in [1.29, 1.82) is 0 Å². The SMILES string of the molecule is C[C@H](N)C(=O)N1CCC(CC(=O)N2CC=C([C@H]3c4ncc(I)cc4CCc4cc(Cl)cc(Br)c43)CC2)CC1. The number of benzene rings is 1. The summed E-state index contributed by atoms with van der Waals surface area (Å²) in [5.41, 5.74) is 12.0. The molecule has 2 N–H and O–H groups in total. The molecule has 2 atom stereocenters. The van der Waals surface area contributed by atoms with Crippen LogP contribution in [0.1, 0.15) is 60.9 Å². The summed E-state index contributed by atoms with van der Waals surface area (Å²) >= 11 is 12.6. The minimum Gasteiger partial charge on any atom is -0.341 e. The van der Waals surface area contributed by atoms with E-state index < -0.39 is 6.04 Å². The van der Waals surface area contributed by atoms with Crippen LogP contribution in [-0.4, -0.2) is 58.8 Å². The number of nitrogens with zero attached hydrogens (tertiary/aromatic N) is 3. The molecule has 2 amide bonds. The van der Waals surface area contributed by atoms with Gasteiger partial charge >= 0.3 is 0 Å². The molecule has 0 radical (unpaired) electrons. The molecule has 0 unspecified atom stereocenters. The number of carbonyl (C=O) groups excluding carboxylic acids is 2. The first kappa shape index (κ1) is 28.1. The van der Waals surface area contributed by atoms with Crippen molar-refractivity contribution in [1.82, 2.24) is 14.8 Å². The summed E-state index contributed by atoms with van der Waals surface area (Å²) in [4.78, 5) is 34.1. The molecule has 1 aliphatic carbocycles. The van der Waals surface area contributed by atoms with Gasteiger partial charge in [-0.1, -0.05) is 39.2 Å². The first-order valence-electron chi connectivity index (χ1n) is 13.3. The minimum absolute atomic E-state index is 0.00300. The molecule has 5 rings (SSSR count). The molecule has 1 saturated heterocycles. The summed E-state index contributed by atoms with van der Waals surface area (Å²) < 4.78 is 2.16. The van der Waals surface area contributed by atoms with Gasteiger partial charge < -0.3 is 15.5 Å². The molecule has 38 heavy (non-hydrogen) atoms. The second kappa shape index (κ2) is 11.9. The molecule has 9 heteroatoms. The summed E-state index contributed by atoms with van der Waals surface area (Å²) in [6.45, 7) is 4.44. The summed E-state index contributed by atoms with van der Waals surface area (Å²) in [7, 11) is 0. The lowest BCUT2D eigenvalue weighted by molar-refractivity contribution is -0.134. The molecule has 202 valence electrons. The van der Waals surface area contributed by atoms with Crippen molar-refractivity contribution in [2.45, 2.75) is 57.4 Å². The van der Waals surface area contributed by atoms with Crippen molar-refractivity contribution in [2.24, 2.45) is 11.7 Å². The largest absolute Gasteiger partial charge is 0.341 e. The standard InChI is InChI=1S/C29H33BrClIN4O2/c1-17(33)29(38)36-8-4-18(5-9-36)12-25(37)35-10-6-19(7-11-35)27-26-20(13-22(31)15-24(26)30)2-3-21-14-23(32)16-34-28(21)27/h6,13-18,27H,2-5,7-12,33H2,1H3/t17-,27+/m0/s1. The number of hydrogen-bond donors (Lipinski definition) is 1. The number of aromatic nitrogens is 1. The average Bonchev–Trinajstić information content (AvgIpc) is 3.05. The lowest BCUT2D eigenvalue weighted by atomic mass is 9.82. The Morgan fingerprint density at radius 2 is 1.87 bits per heavy atom. The highest BCUT2D eigenvalue weighted by atomic mass is 127. The van der Waals surface area contributed by atoms with Gasteiger partial charge in [0.05, 0.1) is 11.7 Å². The maximum Gasteiger partial charge on any atom is 0.239 e. The van der Waals surface area contributed by atoms with Crippen LogP contribution < -0.4 is 5.73 Å². The van der Waals surface area contributed by atoms with E-state index in [4.69, 9.17) is 22.3 Å². The Hall–Kier alpha value is -1.49. The number of rotatable bonds is 4. The molecule has 2 aliphatic heterocycles. The molecule has 0 spiro atoms. The Labute approximate surface area is 251 Å². The third kappa shape index (κ3) is 5.98. The predicted octanol–water partition coefficient (Wildman–Crippen LogP) is 5.47. The Bertz CT molecular complexity index is 1280. The van der Waals surface area contributed by atoms with E-state index >= 15 is 0 Å². The maximum absolute atomic E-state index is 13.2. The zero-order valence-electron chi connectivity index (χ0n) is 21.6. The first-order valence-corrected chi connectivity index (χ1v) is 15.6. The summed E-state index contributed by atoms with van der Waals surface area (Å²) in [6.07, 6.45) is 9.13. The van der Waals surface area contributed by atoms with E-state index in [0.717, 1.165) is 50.9 Å². The van der Waals surface area contributed by atoms with E-state index in [0.29, 0.717) is 38.5 Å². The van der Waals surface area contributed by atoms with Crippen molar-refractivity contribution in [3.63, 3.8) is 0 Å². The number of nitrogens with two attached hydrogens (primary N) is 1. The Morgan fingerprint density at radius 1 is 1.13 bits per heavy atom. The highest BCUT2D eigenvalue weighted by Crippen LogP contribution is 2.44. The van der Waals surface area contributed by atoms with Crippen molar-refractivity contribution in [3.8, 4) is 0 Å². The van der Waals surface area contributed by atoms with Gasteiger partial charge in [0.25, 0.3) is 0 Å². The molecule has 1 fully saturated rings. The fourth-order valence-corrected chi connectivity index (χ4v) is 7.70. The molecule has 1 aromatic carbocycles. The predicted molar refractivity (Wildman–Crippen MR) is 162 cm³/mol. The number of pyridine rings is 1. The number of likely N-dealkylation sites (tertiary alicyclic amines) is 1. The van der Waals surface area contributed by atoms with Gasteiger partial charge in [-0.2, -0.15) is 0 Å². The van der Waals surface area contributed by atoms with Crippen LogP contribution in [0.4, 0.5) is 0 Å². The van der Waals surface area contributed by atoms with Gasteiger partial charge in [0, 0.05) is 57.8 Å². The number of amides is 2. The van der Waals surface area contributed by atoms with Crippen molar-refractivity contribution < 1.29 is 9.59 Å². The second-order valence-electron chi connectivity index (χ2n) is 10.7. The van der Waals surface area contributed by atoms with Crippen molar-refractivity contribution in [2.75, 3.05) is 26.2 Å². The van der Waals surface area contributed by atoms with Crippen molar-refractivity contribution >= 4 is 61.9 Å². The fourth-order valence-electron chi connectivity index (χ4n) is 6.08. The lowest BCUT2D eigenvalue weighted by Crippen LogP contribution is -2.46. The van der Waals surface area contributed by atoms with Gasteiger partial charge in [-0.25, -0.2) is 0 Å². The number of hydrogen-bond acceptors (Lipinski definition) is 4. The Balaban J connectivity index is 1.31. The highest BCUT2D eigenvalue weighted by molar-refractivity contribution is 14.1. The molecule has 3 heterocycles. The number of halogens is 3. The molecular weight excluding hydrogens is 679 g/mol. The van der Waals surface area contributed by atoms with Gasteiger partial charge in [0.15, 0.2) is 0 Å². The van der Waals surface area contributed by atoms with Crippen LogP contribution in [0.5, 0.6) is 0 Å². The normalized spacial score (nSPS) is 20.8. The fraction of sp³-hybridized carbons (Fsp3) is 0.483. The number of carbonyl (C=O) groups is 2. The van der Waals surface area contributed by atoms with E-state index in [1.807, 2.05) is 22.1 Å². The van der Waals surface area contributed by atoms with Crippen LogP contribution in [0, 0.1) is 9.49 Å². The topological polar surface area (TPSA) is 79.5 Å². The van der Waals surface area contributed by atoms with Gasteiger partial charge in [-0.05, 0) is 102 Å². The highest BCUT2D eigenvalue weighted by Gasteiger charge is 2.33. The summed E-state index contributed by atoms with van der Waals surface area (Å²) in [6, 6.07) is 5.87. The quantitative estimate of drug-likeness (QED) is 0.338. The number of fused-ring (bicyclic) bond motifs is 2. The van der Waals surface area contributed by atoms with E-state index in [2.05, 4.69) is 56.7 Å². The third-order valence-electron chi connectivity index (χ3n) is 8.12. The van der Waals surface area contributed by atoms with Crippen LogP contribution in [0.2, 0.25) is 5.02 Å². The second-order valence-corrected chi connectivity index (χ2v) is 13.3. The van der Waals surface area contributed by atoms with Gasteiger partial charge in [0.2, 0.25) is 11.8 Å². The summed E-state index contributed by atoms with van der Waals surface area (Å²) in [5, 5.41) is 0.741. The maximum atomic E-state index is 13.2. The van der Waals surface area contributed by atoms with Gasteiger partial charge in [0.1, 0.15) is 0 Å². The molecule has 1 aromatic heterocycles. The van der Waals surface area contributed by atoms with E-state index in [1.165, 1.54) is 22.3 Å². The zero-order valence-corrected chi connectivity index (χ0v) is 26.1. The number of aryl methyl sites for hydroxylation is 2. The van der Waals surface area contributed by atoms with Crippen LogP contribution >= 0.6 is 50.1 Å². The lowest BCUT2D eigenvalue weighted by Gasteiger charge is -2.35. The van der Waals surface area contributed by atoms with E-state index in [1.54, 1.807) is 6.92 Å². The van der Waals surface area contributed by atoms with Crippen molar-refractivity contribution in [3.05, 3.63) is 71.5 Å².